The summed E-state index contributed by atoms with van der Waals surface area (Å²) in [6.07, 6.45) is 0.683. The summed E-state index contributed by atoms with van der Waals surface area (Å²) >= 11 is 0. The van der Waals surface area contributed by atoms with E-state index in [9.17, 15) is 4.79 Å². The summed E-state index contributed by atoms with van der Waals surface area (Å²) in [5, 5.41) is 5.80. The van der Waals surface area contributed by atoms with E-state index in [0.717, 1.165) is 22.6 Å². The molecule has 0 fully saturated rings. The lowest BCUT2D eigenvalue weighted by atomic mass is 10.0. The minimum absolute atomic E-state index is 0.114. The van der Waals surface area contributed by atoms with Crippen molar-refractivity contribution in [3.8, 4) is 23.0 Å². The Balaban J connectivity index is 1.57. The Morgan fingerprint density at radius 3 is 2.56 bits per heavy atom. The number of amides is 2. The summed E-state index contributed by atoms with van der Waals surface area (Å²) in [5.74, 6) is 3.00. The molecule has 0 radical (unpaired) electrons. The molecule has 0 unspecified atom stereocenters. The second-order valence-electron chi connectivity index (χ2n) is 6.19. The lowest BCUT2D eigenvalue weighted by molar-refractivity contribution is 0.214. The van der Waals surface area contributed by atoms with Gasteiger partial charge in [0, 0.05) is 12.1 Å². The largest absolute Gasteiger partial charge is 0.497 e. The number of hydrogen-bond acceptors (Lipinski definition) is 5. The molecule has 7 nitrogen and oxygen atoms in total. The van der Waals surface area contributed by atoms with E-state index in [1.165, 1.54) is 0 Å². The smallest absolute Gasteiger partial charge is 0.315 e. The van der Waals surface area contributed by atoms with E-state index in [-0.39, 0.29) is 12.1 Å². The van der Waals surface area contributed by atoms with Crippen molar-refractivity contribution in [2.75, 3.05) is 27.9 Å². The van der Waals surface area contributed by atoms with Gasteiger partial charge in [-0.1, -0.05) is 0 Å². The summed E-state index contributed by atoms with van der Waals surface area (Å²) < 4.78 is 21.5. The van der Waals surface area contributed by atoms with Crippen molar-refractivity contribution < 1.29 is 23.7 Å². The molecule has 1 heterocycles. The Morgan fingerprint density at radius 1 is 1.07 bits per heavy atom. The summed E-state index contributed by atoms with van der Waals surface area (Å²) in [5.41, 5.74) is 1.85. The molecule has 0 bridgehead atoms. The molecule has 144 valence electrons. The van der Waals surface area contributed by atoms with Crippen molar-refractivity contribution >= 4 is 6.03 Å². The predicted octanol–water partition coefficient (Wildman–Crippen LogP) is 2.52. The van der Waals surface area contributed by atoms with Gasteiger partial charge in [0.15, 0.2) is 0 Å². The fourth-order valence-corrected chi connectivity index (χ4v) is 3.02. The first-order valence-electron chi connectivity index (χ1n) is 8.68. The zero-order chi connectivity index (χ0) is 19.2. The molecule has 0 saturated heterocycles. The van der Waals surface area contributed by atoms with Crippen LogP contribution >= 0.6 is 0 Å². The SMILES string of the molecule is COc1ccc(OC)c(CNC(=O)N[C@H]2COc3ccc(OC)cc3C2)c1. The van der Waals surface area contributed by atoms with Gasteiger partial charge in [0.2, 0.25) is 0 Å². The van der Waals surface area contributed by atoms with E-state index < -0.39 is 0 Å². The molecule has 0 saturated carbocycles. The maximum Gasteiger partial charge on any atom is 0.315 e. The average molecular weight is 372 g/mol. The molecular weight excluding hydrogens is 348 g/mol. The molecule has 2 aromatic carbocycles. The average Bonchev–Trinajstić information content (AvgIpc) is 2.71. The number of rotatable bonds is 6. The molecule has 3 rings (SSSR count). The maximum absolute atomic E-state index is 12.3. The van der Waals surface area contributed by atoms with Gasteiger partial charge in [-0.3, -0.25) is 0 Å². The maximum atomic E-state index is 12.3. The highest BCUT2D eigenvalue weighted by Gasteiger charge is 2.22. The standard InChI is InChI=1S/C20H24N2O5/c1-24-16-5-7-19-13(9-16)8-15(12-27-19)22-20(23)21-11-14-10-17(25-2)4-6-18(14)26-3/h4-7,9-10,15H,8,11-12H2,1-3H3,(H2,21,22,23)/t15-/m1/s1. The molecule has 1 aliphatic rings. The van der Waals surface area contributed by atoms with Crippen molar-refractivity contribution in [2.45, 2.75) is 19.0 Å². The number of carbonyl (C=O) groups excluding carboxylic acids is 1. The van der Waals surface area contributed by atoms with Gasteiger partial charge in [0.25, 0.3) is 0 Å². The van der Waals surface area contributed by atoms with Crippen LogP contribution < -0.4 is 29.6 Å². The molecule has 7 heteroatoms. The number of nitrogens with one attached hydrogen (secondary N) is 2. The molecule has 0 spiro atoms. The molecular formula is C20H24N2O5. The molecule has 0 aromatic heterocycles. The summed E-state index contributed by atoms with van der Waals surface area (Å²) in [6.45, 7) is 0.749. The van der Waals surface area contributed by atoms with Gasteiger partial charge in [0.05, 0.1) is 27.4 Å². The van der Waals surface area contributed by atoms with E-state index in [2.05, 4.69) is 10.6 Å². The minimum atomic E-state index is -0.264. The molecule has 1 aliphatic heterocycles. The number of hydrogen-bond donors (Lipinski definition) is 2. The molecule has 0 aliphatic carbocycles. The van der Waals surface area contributed by atoms with Gasteiger partial charge in [-0.15, -0.1) is 0 Å². The van der Waals surface area contributed by atoms with E-state index in [4.69, 9.17) is 18.9 Å². The van der Waals surface area contributed by atoms with Crippen LogP contribution in [-0.4, -0.2) is 40.0 Å². The van der Waals surface area contributed by atoms with Crippen molar-refractivity contribution in [1.82, 2.24) is 10.6 Å². The first-order valence-corrected chi connectivity index (χ1v) is 8.68. The third-order valence-electron chi connectivity index (χ3n) is 4.44. The molecule has 2 amide bonds. The van der Waals surface area contributed by atoms with Gasteiger partial charge >= 0.3 is 6.03 Å². The lowest BCUT2D eigenvalue weighted by Crippen LogP contribution is -2.47. The highest BCUT2D eigenvalue weighted by Crippen LogP contribution is 2.28. The highest BCUT2D eigenvalue weighted by molar-refractivity contribution is 5.74. The highest BCUT2D eigenvalue weighted by atomic mass is 16.5. The molecule has 2 N–H and O–H groups in total. The second-order valence-corrected chi connectivity index (χ2v) is 6.19. The van der Waals surface area contributed by atoms with Crippen LogP contribution in [0.1, 0.15) is 11.1 Å². The monoisotopic (exact) mass is 372 g/mol. The molecule has 1 atom stereocenters. The number of fused-ring (bicyclic) bond motifs is 1. The van der Waals surface area contributed by atoms with E-state index in [1.54, 1.807) is 21.3 Å². The van der Waals surface area contributed by atoms with Crippen LogP contribution in [0.5, 0.6) is 23.0 Å². The fraction of sp³-hybridized carbons (Fsp3) is 0.350. The predicted molar refractivity (Wildman–Crippen MR) is 101 cm³/mol. The van der Waals surface area contributed by atoms with Gasteiger partial charge in [-0.2, -0.15) is 0 Å². The summed E-state index contributed by atoms with van der Waals surface area (Å²) in [4.78, 5) is 12.3. The van der Waals surface area contributed by atoms with E-state index in [0.29, 0.717) is 31.1 Å². The van der Waals surface area contributed by atoms with Crippen molar-refractivity contribution in [2.24, 2.45) is 0 Å². The van der Waals surface area contributed by atoms with Gasteiger partial charge in [-0.05, 0) is 48.4 Å². The van der Waals surface area contributed by atoms with E-state index in [1.807, 2.05) is 36.4 Å². The summed E-state index contributed by atoms with van der Waals surface area (Å²) in [6, 6.07) is 10.8. The Hall–Kier alpha value is -3.09. The Labute approximate surface area is 158 Å². The van der Waals surface area contributed by atoms with Crippen molar-refractivity contribution in [3.63, 3.8) is 0 Å². The van der Waals surface area contributed by atoms with Crippen LogP contribution in [0.4, 0.5) is 4.79 Å². The summed E-state index contributed by atoms with van der Waals surface area (Å²) in [7, 11) is 4.82. The van der Waals surface area contributed by atoms with Crippen LogP contribution in [-0.2, 0) is 13.0 Å². The van der Waals surface area contributed by atoms with E-state index >= 15 is 0 Å². The van der Waals surface area contributed by atoms with Crippen LogP contribution in [0.25, 0.3) is 0 Å². The minimum Gasteiger partial charge on any atom is -0.497 e. The second kappa shape index (κ2) is 8.53. The normalized spacial score (nSPS) is 15.1. The van der Waals surface area contributed by atoms with Gasteiger partial charge in [-0.25, -0.2) is 4.79 Å². The van der Waals surface area contributed by atoms with Crippen LogP contribution in [0.2, 0.25) is 0 Å². The Kier molecular flexibility index (Phi) is 5.90. The first-order chi connectivity index (χ1) is 13.1. The van der Waals surface area contributed by atoms with Crippen LogP contribution in [0, 0.1) is 0 Å². The topological polar surface area (TPSA) is 78.1 Å². The molecule has 2 aromatic rings. The quantitative estimate of drug-likeness (QED) is 0.815. The zero-order valence-electron chi connectivity index (χ0n) is 15.7. The van der Waals surface area contributed by atoms with Gasteiger partial charge < -0.3 is 29.6 Å². The van der Waals surface area contributed by atoms with Crippen LogP contribution in [0.15, 0.2) is 36.4 Å². The fourth-order valence-electron chi connectivity index (χ4n) is 3.02. The number of benzene rings is 2. The van der Waals surface area contributed by atoms with Crippen molar-refractivity contribution in [1.29, 1.82) is 0 Å². The third kappa shape index (κ3) is 4.55. The number of urea groups is 1. The lowest BCUT2D eigenvalue weighted by Gasteiger charge is -2.26. The number of carbonyl (C=O) groups is 1. The zero-order valence-corrected chi connectivity index (χ0v) is 15.7. The molecule has 27 heavy (non-hydrogen) atoms. The van der Waals surface area contributed by atoms with Crippen molar-refractivity contribution in [3.05, 3.63) is 47.5 Å². The van der Waals surface area contributed by atoms with Crippen LogP contribution in [0.3, 0.4) is 0 Å². The number of ether oxygens (including phenoxy) is 4. The number of methoxy groups -OCH3 is 3. The third-order valence-corrected chi connectivity index (χ3v) is 4.44. The Morgan fingerprint density at radius 2 is 1.81 bits per heavy atom. The Bertz CT molecular complexity index is 809. The van der Waals surface area contributed by atoms with Gasteiger partial charge in [0.1, 0.15) is 29.6 Å². The first kappa shape index (κ1) is 18.7.